The van der Waals surface area contributed by atoms with Crippen molar-refractivity contribution in [2.75, 3.05) is 13.2 Å². The van der Waals surface area contributed by atoms with E-state index in [4.69, 9.17) is 4.74 Å². The zero-order valence-electron chi connectivity index (χ0n) is 10.1. The maximum Gasteiger partial charge on any atom is 0.305 e. The molecule has 4 heteroatoms. The van der Waals surface area contributed by atoms with E-state index in [-0.39, 0.29) is 5.97 Å². The quantitative estimate of drug-likeness (QED) is 0.434. The van der Waals surface area contributed by atoms with Crippen molar-refractivity contribution in [3.8, 4) is 0 Å². The summed E-state index contributed by atoms with van der Waals surface area (Å²) in [6, 6.07) is 0. The van der Waals surface area contributed by atoms with Crippen LogP contribution >= 0.6 is 0 Å². The number of hydrogen-bond acceptors (Lipinski definition) is 4. The van der Waals surface area contributed by atoms with Gasteiger partial charge in [0.05, 0.1) is 12.3 Å². The minimum atomic E-state index is -0.160. The van der Waals surface area contributed by atoms with Gasteiger partial charge in [0, 0.05) is 13.0 Å². The number of nitrogens with one attached hydrogen (secondary N) is 1. The molecule has 1 aliphatic rings. The van der Waals surface area contributed by atoms with Gasteiger partial charge in [-0.25, -0.2) is 0 Å². The fourth-order valence-electron chi connectivity index (χ4n) is 1.31. The lowest BCUT2D eigenvalue weighted by atomic mass is 10.1. The average molecular weight is 234 g/mol. The molecule has 1 N–H and O–H groups in total. The number of rotatable bonds is 6. The fraction of sp³-hybridized carbons (Fsp3) is 0.385. The Morgan fingerprint density at radius 1 is 1.47 bits per heavy atom. The third kappa shape index (κ3) is 5.15. The van der Waals surface area contributed by atoms with E-state index in [1.165, 1.54) is 0 Å². The van der Waals surface area contributed by atoms with Gasteiger partial charge in [0.15, 0.2) is 0 Å². The van der Waals surface area contributed by atoms with Gasteiger partial charge in [-0.05, 0) is 25.0 Å². The van der Waals surface area contributed by atoms with Crippen LogP contribution in [-0.2, 0) is 9.53 Å². The maximum absolute atomic E-state index is 11.0. The Morgan fingerprint density at radius 2 is 2.24 bits per heavy atom. The summed E-state index contributed by atoms with van der Waals surface area (Å²) in [6.45, 7) is 6.75. The van der Waals surface area contributed by atoms with Crippen LogP contribution in [0.25, 0.3) is 0 Å². The normalized spacial score (nSPS) is 16.3. The molecule has 0 saturated heterocycles. The molecule has 0 atom stereocenters. The zero-order chi connectivity index (χ0) is 12.5. The number of nitrogens with zero attached hydrogens (tertiary/aromatic N) is 1. The van der Waals surface area contributed by atoms with Crippen molar-refractivity contribution in [1.29, 1.82) is 0 Å². The van der Waals surface area contributed by atoms with Gasteiger partial charge in [-0.2, -0.15) is 5.10 Å². The monoisotopic (exact) mass is 234 g/mol. The topological polar surface area (TPSA) is 50.7 Å². The van der Waals surface area contributed by atoms with E-state index in [0.717, 1.165) is 11.3 Å². The van der Waals surface area contributed by atoms with Gasteiger partial charge < -0.3 is 10.2 Å². The number of carbonyl (C=O) groups excluding carboxylic acids is 1. The van der Waals surface area contributed by atoms with Crippen molar-refractivity contribution < 1.29 is 9.53 Å². The zero-order valence-corrected chi connectivity index (χ0v) is 10.1. The van der Waals surface area contributed by atoms with Crippen LogP contribution in [0.5, 0.6) is 0 Å². The molecule has 92 valence electrons. The molecule has 0 unspecified atom stereocenters. The summed E-state index contributed by atoms with van der Waals surface area (Å²) in [5, 5.41) is 4.18. The highest BCUT2D eigenvalue weighted by Gasteiger charge is 2.01. The molecule has 0 aliphatic heterocycles. The molecular formula is C13H18N2O2. The number of carbonyl (C=O) groups is 1. The van der Waals surface area contributed by atoms with Gasteiger partial charge in [0.25, 0.3) is 0 Å². The van der Waals surface area contributed by atoms with Crippen molar-refractivity contribution in [3.63, 3.8) is 0 Å². The van der Waals surface area contributed by atoms with E-state index in [1.54, 1.807) is 6.92 Å². The molecule has 1 rings (SSSR count). The first-order valence-corrected chi connectivity index (χ1v) is 5.74. The Hall–Kier alpha value is -1.84. The van der Waals surface area contributed by atoms with Crippen molar-refractivity contribution in [2.45, 2.75) is 19.8 Å². The SMILES string of the molecule is C=C1C=CC=C/C1=N/NCCCC(=O)OCC. The fourth-order valence-corrected chi connectivity index (χ4v) is 1.31. The van der Waals surface area contributed by atoms with Crippen molar-refractivity contribution in [1.82, 2.24) is 5.43 Å². The summed E-state index contributed by atoms with van der Waals surface area (Å²) in [5.41, 5.74) is 4.62. The predicted octanol–water partition coefficient (Wildman–Crippen LogP) is 1.96. The molecule has 0 spiro atoms. The predicted molar refractivity (Wildman–Crippen MR) is 68.7 cm³/mol. The number of esters is 1. The summed E-state index contributed by atoms with van der Waals surface area (Å²) in [7, 11) is 0. The maximum atomic E-state index is 11.0. The molecular weight excluding hydrogens is 216 g/mol. The van der Waals surface area contributed by atoms with Crippen molar-refractivity contribution >= 4 is 11.7 Å². The van der Waals surface area contributed by atoms with Crippen LogP contribution in [-0.4, -0.2) is 24.8 Å². The second kappa shape index (κ2) is 7.44. The van der Waals surface area contributed by atoms with Crippen molar-refractivity contribution in [3.05, 3.63) is 36.5 Å². The number of allylic oxidation sites excluding steroid dienone is 5. The molecule has 0 aromatic carbocycles. The third-order valence-electron chi connectivity index (χ3n) is 2.17. The van der Waals surface area contributed by atoms with E-state index in [9.17, 15) is 4.79 Å². The number of hydrazone groups is 1. The van der Waals surface area contributed by atoms with Crippen molar-refractivity contribution in [2.24, 2.45) is 5.10 Å². The second-order valence-corrected chi connectivity index (χ2v) is 3.56. The summed E-state index contributed by atoms with van der Waals surface area (Å²) in [4.78, 5) is 11.0. The molecule has 17 heavy (non-hydrogen) atoms. The molecule has 0 radical (unpaired) electrons. The number of ether oxygens (including phenoxy) is 1. The Morgan fingerprint density at radius 3 is 2.94 bits per heavy atom. The average Bonchev–Trinajstić information content (AvgIpc) is 2.31. The van der Waals surface area contributed by atoms with E-state index >= 15 is 0 Å². The molecule has 0 saturated carbocycles. The lowest BCUT2D eigenvalue weighted by Crippen LogP contribution is -2.14. The van der Waals surface area contributed by atoms with Crippen LogP contribution in [0.15, 0.2) is 41.6 Å². The largest absolute Gasteiger partial charge is 0.466 e. The standard InChI is InChI=1S/C13H18N2O2/c1-3-17-13(16)9-6-10-14-15-12-8-5-4-7-11(12)2/h4-5,7-8,14H,2-3,6,9-10H2,1H3/b15-12-. The Bertz CT molecular complexity index is 368. The van der Waals surface area contributed by atoms with Gasteiger partial charge >= 0.3 is 5.97 Å². The minimum Gasteiger partial charge on any atom is -0.466 e. The summed E-state index contributed by atoms with van der Waals surface area (Å²) >= 11 is 0. The lowest BCUT2D eigenvalue weighted by molar-refractivity contribution is -0.143. The molecule has 0 amide bonds. The Kier molecular flexibility index (Phi) is 5.79. The molecule has 0 bridgehead atoms. The first-order valence-electron chi connectivity index (χ1n) is 5.74. The highest BCUT2D eigenvalue weighted by molar-refractivity contribution is 6.10. The second-order valence-electron chi connectivity index (χ2n) is 3.56. The van der Waals surface area contributed by atoms with Gasteiger partial charge in [0.1, 0.15) is 0 Å². The van der Waals surface area contributed by atoms with E-state index < -0.39 is 0 Å². The van der Waals surface area contributed by atoms with E-state index in [2.05, 4.69) is 17.1 Å². The van der Waals surface area contributed by atoms with Gasteiger partial charge in [-0.1, -0.05) is 24.8 Å². The smallest absolute Gasteiger partial charge is 0.305 e. The molecule has 4 nitrogen and oxygen atoms in total. The molecule has 0 aromatic heterocycles. The van der Waals surface area contributed by atoms with Gasteiger partial charge in [0.2, 0.25) is 0 Å². The lowest BCUT2D eigenvalue weighted by Gasteiger charge is -2.06. The van der Waals surface area contributed by atoms with Crippen LogP contribution in [0.1, 0.15) is 19.8 Å². The first kappa shape index (κ1) is 13.2. The molecule has 0 fully saturated rings. The van der Waals surface area contributed by atoms with Gasteiger partial charge in [-0.15, -0.1) is 0 Å². The van der Waals surface area contributed by atoms with E-state index in [0.29, 0.717) is 26.0 Å². The highest BCUT2D eigenvalue weighted by Crippen LogP contribution is 2.04. The van der Waals surface area contributed by atoms with Gasteiger partial charge in [-0.3, -0.25) is 4.79 Å². The Labute approximate surface area is 102 Å². The van der Waals surface area contributed by atoms with Crippen LogP contribution in [0.2, 0.25) is 0 Å². The van der Waals surface area contributed by atoms with Crippen LogP contribution in [0.3, 0.4) is 0 Å². The summed E-state index contributed by atoms with van der Waals surface area (Å²) in [5.74, 6) is -0.160. The van der Waals surface area contributed by atoms with E-state index in [1.807, 2.05) is 24.3 Å². The number of hydrogen-bond donors (Lipinski definition) is 1. The minimum absolute atomic E-state index is 0.160. The third-order valence-corrected chi connectivity index (χ3v) is 2.17. The molecule has 0 aromatic rings. The Balaban J connectivity index is 2.17. The van der Waals surface area contributed by atoms with Crippen LogP contribution < -0.4 is 5.43 Å². The molecule has 0 heterocycles. The van der Waals surface area contributed by atoms with Crippen LogP contribution in [0.4, 0.5) is 0 Å². The first-order chi connectivity index (χ1) is 8.24. The highest BCUT2D eigenvalue weighted by atomic mass is 16.5. The van der Waals surface area contributed by atoms with Crippen LogP contribution in [0, 0.1) is 0 Å². The molecule has 1 aliphatic carbocycles. The summed E-state index contributed by atoms with van der Waals surface area (Å²) in [6.07, 6.45) is 8.75. The summed E-state index contributed by atoms with van der Waals surface area (Å²) < 4.78 is 4.82.